The van der Waals surface area contributed by atoms with Crippen LogP contribution in [0.2, 0.25) is 0 Å². The van der Waals surface area contributed by atoms with Gasteiger partial charge in [-0.3, -0.25) is 9.59 Å². The van der Waals surface area contributed by atoms with Crippen LogP contribution in [0.5, 0.6) is 0 Å². The summed E-state index contributed by atoms with van der Waals surface area (Å²) in [4.78, 5) is 26.3. The van der Waals surface area contributed by atoms with Crippen LogP contribution in [0.15, 0.2) is 59.4 Å². The van der Waals surface area contributed by atoms with E-state index in [9.17, 15) is 9.59 Å². The van der Waals surface area contributed by atoms with Crippen LogP contribution in [0, 0.1) is 20.8 Å². The second kappa shape index (κ2) is 9.40. The molecule has 0 saturated heterocycles. The van der Waals surface area contributed by atoms with Crippen molar-refractivity contribution in [1.29, 1.82) is 0 Å². The molecule has 2 aromatic heterocycles. The van der Waals surface area contributed by atoms with Crippen molar-refractivity contribution in [3.63, 3.8) is 0 Å². The summed E-state index contributed by atoms with van der Waals surface area (Å²) in [5, 5.41) is 12.8. The Bertz CT molecular complexity index is 1340. The Morgan fingerprint density at radius 3 is 2.36 bits per heavy atom. The summed E-state index contributed by atoms with van der Waals surface area (Å²) in [6.07, 6.45) is 1.18. The largest absolute Gasteiger partial charge is 0.354 e. The number of carbonyl (C=O) groups is 1. The maximum atomic E-state index is 13.4. The Kier molecular flexibility index (Phi) is 6.40. The van der Waals surface area contributed by atoms with Gasteiger partial charge in [-0.2, -0.15) is 10.2 Å². The highest BCUT2D eigenvalue weighted by Gasteiger charge is 2.25. The summed E-state index contributed by atoms with van der Waals surface area (Å²) in [6, 6.07) is 17.2. The first-order chi connectivity index (χ1) is 15.9. The SMILES string of the molecule is CC[C@H](C(=O)NCCc1ccc(C)cc1)n1nc(C)c2c(C)n(-c3ccccc3)nc2c1=O. The highest BCUT2D eigenvalue weighted by Crippen LogP contribution is 2.22. The van der Waals surface area contributed by atoms with Crippen molar-refractivity contribution in [3.05, 3.63) is 87.5 Å². The predicted molar refractivity (Wildman–Crippen MR) is 130 cm³/mol. The van der Waals surface area contributed by atoms with Crippen molar-refractivity contribution in [2.24, 2.45) is 0 Å². The molecule has 0 fully saturated rings. The Balaban J connectivity index is 1.61. The van der Waals surface area contributed by atoms with Crippen LogP contribution in [0.25, 0.3) is 16.6 Å². The van der Waals surface area contributed by atoms with Gasteiger partial charge in [0.2, 0.25) is 5.91 Å². The average molecular weight is 444 g/mol. The quantitative estimate of drug-likeness (QED) is 0.471. The fourth-order valence-corrected chi connectivity index (χ4v) is 4.15. The van der Waals surface area contributed by atoms with E-state index in [1.54, 1.807) is 4.68 Å². The Hall–Kier alpha value is -3.74. The summed E-state index contributed by atoms with van der Waals surface area (Å²) in [5.41, 5.74) is 4.73. The molecule has 170 valence electrons. The van der Waals surface area contributed by atoms with E-state index in [1.807, 2.05) is 58.0 Å². The number of aromatic nitrogens is 4. The van der Waals surface area contributed by atoms with Gasteiger partial charge in [0.1, 0.15) is 6.04 Å². The number of benzene rings is 2. The van der Waals surface area contributed by atoms with Gasteiger partial charge in [0.05, 0.1) is 22.5 Å². The number of nitrogens with one attached hydrogen (secondary N) is 1. The summed E-state index contributed by atoms with van der Waals surface area (Å²) in [5.74, 6) is -0.211. The third-order valence-electron chi connectivity index (χ3n) is 5.97. The van der Waals surface area contributed by atoms with Crippen LogP contribution < -0.4 is 10.9 Å². The maximum Gasteiger partial charge on any atom is 0.295 e. The normalized spacial score (nSPS) is 12.1. The van der Waals surface area contributed by atoms with E-state index >= 15 is 0 Å². The predicted octanol–water partition coefficient (Wildman–Crippen LogP) is 3.82. The standard InChI is InChI=1S/C26H29N5O2/c1-5-22(25(32)27-16-15-20-13-11-17(2)12-14-20)31-26(33)24-23(18(3)28-31)19(4)30(29-24)21-9-7-6-8-10-21/h6-14,22H,5,15-16H2,1-4H3,(H,27,32)/t22-/m1/s1. The van der Waals surface area contributed by atoms with Gasteiger partial charge >= 0.3 is 0 Å². The minimum atomic E-state index is -0.694. The summed E-state index contributed by atoms with van der Waals surface area (Å²) in [6.45, 7) is 8.20. The Morgan fingerprint density at radius 1 is 1.00 bits per heavy atom. The third-order valence-corrected chi connectivity index (χ3v) is 5.97. The fourth-order valence-electron chi connectivity index (χ4n) is 4.15. The molecule has 33 heavy (non-hydrogen) atoms. The molecule has 1 N–H and O–H groups in total. The monoisotopic (exact) mass is 443 g/mol. The van der Waals surface area contributed by atoms with E-state index < -0.39 is 6.04 Å². The van der Waals surface area contributed by atoms with E-state index in [0.717, 1.165) is 28.8 Å². The molecule has 4 rings (SSSR count). The van der Waals surface area contributed by atoms with Gasteiger partial charge in [0, 0.05) is 6.54 Å². The number of hydrogen-bond acceptors (Lipinski definition) is 4. The van der Waals surface area contributed by atoms with E-state index in [1.165, 1.54) is 10.2 Å². The van der Waals surface area contributed by atoms with E-state index in [0.29, 0.717) is 24.2 Å². The molecule has 0 radical (unpaired) electrons. The van der Waals surface area contributed by atoms with Crippen LogP contribution in [0.3, 0.4) is 0 Å². The van der Waals surface area contributed by atoms with E-state index in [2.05, 4.69) is 39.8 Å². The van der Waals surface area contributed by atoms with Crippen LogP contribution in [0.4, 0.5) is 0 Å². The van der Waals surface area contributed by atoms with Gasteiger partial charge in [0.25, 0.3) is 5.56 Å². The molecule has 7 nitrogen and oxygen atoms in total. The zero-order valence-corrected chi connectivity index (χ0v) is 19.5. The number of hydrogen-bond donors (Lipinski definition) is 1. The molecule has 1 atom stereocenters. The number of para-hydroxylation sites is 1. The second-order valence-corrected chi connectivity index (χ2v) is 8.34. The lowest BCUT2D eigenvalue weighted by Gasteiger charge is -2.17. The van der Waals surface area contributed by atoms with Crippen LogP contribution in [0.1, 0.15) is 41.9 Å². The van der Waals surface area contributed by atoms with Crippen molar-refractivity contribution in [3.8, 4) is 5.69 Å². The van der Waals surface area contributed by atoms with Crippen molar-refractivity contribution >= 4 is 16.8 Å². The number of aryl methyl sites for hydroxylation is 3. The first kappa shape index (κ1) is 22.5. The van der Waals surface area contributed by atoms with Crippen molar-refractivity contribution < 1.29 is 4.79 Å². The molecule has 1 amide bonds. The second-order valence-electron chi connectivity index (χ2n) is 8.34. The van der Waals surface area contributed by atoms with Gasteiger partial charge in [-0.15, -0.1) is 0 Å². The molecular formula is C26H29N5O2. The molecule has 0 bridgehead atoms. The van der Waals surface area contributed by atoms with Crippen molar-refractivity contribution in [2.45, 2.75) is 46.6 Å². The smallest absolute Gasteiger partial charge is 0.295 e. The van der Waals surface area contributed by atoms with Crippen LogP contribution in [-0.2, 0) is 11.2 Å². The Labute approximate surface area is 193 Å². The number of carbonyl (C=O) groups excluding carboxylic acids is 1. The third kappa shape index (κ3) is 4.44. The lowest BCUT2D eigenvalue weighted by atomic mass is 10.1. The molecule has 0 spiro atoms. The molecule has 0 aliphatic heterocycles. The molecule has 4 aromatic rings. The van der Waals surface area contributed by atoms with E-state index in [-0.39, 0.29) is 11.5 Å². The fraction of sp³-hybridized carbons (Fsp3) is 0.308. The number of fused-ring (bicyclic) bond motifs is 1. The first-order valence-electron chi connectivity index (χ1n) is 11.3. The zero-order valence-electron chi connectivity index (χ0n) is 19.5. The van der Waals surface area contributed by atoms with Gasteiger partial charge in [-0.1, -0.05) is 55.0 Å². The number of rotatable bonds is 7. The van der Waals surface area contributed by atoms with Crippen molar-refractivity contribution in [2.75, 3.05) is 6.54 Å². The van der Waals surface area contributed by atoms with Crippen LogP contribution >= 0.6 is 0 Å². The molecular weight excluding hydrogens is 414 g/mol. The van der Waals surface area contributed by atoms with Crippen molar-refractivity contribution in [1.82, 2.24) is 24.9 Å². The van der Waals surface area contributed by atoms with Gasteiger partial charge in [0.15, 0.2) is 5.52 Å². The number of nitrogens with zero attached hydrogens (tertiary/aromatic N) is 4. The highest BCUT2D eigenvalue weighted by atomic mass is 16.2. The Morgan fingerprint density at radius 2 is 1.70 bits per heavy atom. The minimum absolute atomic E-state index is 0.211. The molecule has 0 aliphatic rings. The summed E-state index contributed by atoms with van der Waals surface area (Å²) < 4.78 is 3.05. The molecule has 2 heterocycles. The summed E-state index contributed by atoms with van der Waals surface area (Å²) in [7, 11) is 0. The molecule has 0 saturated carbocycles. The minimum Gasteiger partial charge on any atom is -0.354 e. The maximum absolute atomic E-state index is 13.4. The molecule has 0 unspecified atom stereocenters. The first-order valence-corrected chi connectivity index (χ1v) is 11.3. The van der Waals surface area contributed by atoms with Gasteiger partial charge in [-0.05, 0) is 51.3 Å². The highest BCUT2D eigenvalue weighted by molar-refractivity contribution is 5.84. The molecule has 2 aromatic carbocycles. The molecule has 7 heteroatoms. The van der Waals surface area contributed by atoms with Gasteiger partial charge < -0.3 is 5.32 Å². The van der Waals surface area contributed by atoms with Crippen LogP contribution in [-0.4, -0.2) is 32.0 Å². The molecule has 0 aliphatic carbocycles. The topological polar surface area (TPSA) is 81.8 Å². The average Bonchev–Trinajstić information content (AvgIpc) is 3.17. The lowest BCUT2D eigenvalue weighted by Crippen LogP contribution is -2.39. The lowest BCUT2D eigenvalue weighted by molar-refractivity contribution is -0.124. The van der Waals surface area contributed by atoms with E-state index in [4.69, 9.17) is 0 Å². The summed E-state index contributed by atoms with van der Waals surface area (Å²) >= 11 is 0. The zero-order chi connectivity index (χ0) is 23.5. The number of amides is 1. The van der Waals surface area contributed by atoms with Gasteiger partial charge in [-0.25, -0.2) is 9.36 Å².